The molecule has 0 saturated carbocycles. The van der Waals surface area contributed by atoms with Gasteiger partial charge in [-0.15, -0.1) is 0 Å². The van der Waals surface area contributed by atoms with Gasteiger partial charge in [-0.1, -0.05) is 11.6 Å². The van der Waals surface area contributed by atoms with Crippen LogP contribution in [0, 0.1) is 0 Å². The number of rotatable bonds is 6. The molecule has 160 valence electrons. The third-order valence-electron chi connectivity index (χ3n) is 5.08. The number of hydrogen-bond acceptors (Lipinski definition) is 7. The van der Waals surface area contributed by atoms with Crippen molar-refractivity contribution < 1.29 is 22.3 Å². The van der Waals surface area contributed by atoms with E-state index >= 15 is 0 Å². The maximum Gasteiger partial charge on any atom is 0.243 e. The third kappa shape index (κ3) is 4.11. The number of nitrogens with zero attached hydrogens (tertiary/aromatic N) is 3. The van der Waals surface area contributed by atoms with Crippen LogP contribution in [0.2, 0.25) is 5.02 Å². The lowest BCUT2D eigenvalue weighted by molar-refractivity contribution is 0.169. The van der Waals surface area contributed by atoms with Gasteiger partial charge >= 0.3 is 0 Å². The number of benzene rings is 2. The number of sulfonamides is 1. The summed E-state index contributed by atoms with van der Waals surface area (Å²) in [7, 11) is -0.634. The normalized spacial score (nSPS) is 16.1. The molecule has 1 saturated heterocycles. The number of piperazine rings is 1. The lowest BCUT2D eigenvalue weighted by Crippen LogP contribution is -2.48. The number of hydrogen-bond donors (Lipinski definition) is 0. The van der Waals surface area contributed by atoms with Crippen LogP contribution in [0.5, 0.6) is 11.5 Å². The molecule has 1 aliphatic rings. The minimum atomic E-state index is -3.62. The van der Waals surface area contributed by atoms with Crippen molar-refractivity contribution in [1.82, 2.24) is 14.2 Å². The van der Waals surface area contributed by atoms with E-state index in [1.165, 1.54) is 30.7 Å². The molecule has 0 spiro atoms. The van der Waals surface area contributed by atoms with Crippen LogP contribution in [0.15, 0.2) is 45.7 Å². The molecule has 0 aliphatic carbocycles. The molecule has 0 radical (unpaired) electrons. The van der Waals surface area contributed by atoms with Crippen molar-refractivity contribution in [1.29, 1.82) is 0 Å². The minimum Gasteiger partial charge on any atom is -0.493 e. The Kier molecular flexibility index (Phi) is 5.88. The Morgan fingerprint density at radius 3 is 2.47 bits per heavy atom. The Labute approximate surface area is 180 Å². The van der Waals surface area contributed by atoms with Gasteiger partial charge in [-0.25, -0.2) is 13.4 Å². The molecule has 1 fully saturated rings. The average molecular weight is 452 g/mol. The van der Waals surface area contributed by atoms with Gasteiger partial charge in [0, 0.05) is 43.3 Å². The molecule has 0 unspecified atom stereocenters. The number of halogens is 1. The number of methoxy groups -OCH3 is 2. The first-order valence-electron chi connectivity index (χ1n) is 9.40. The molecule has 1 aromatic heterocycles. The van der Waals surface area contributed by atoms with E-state index in [1.54, 1.807) is 18.2 Å². The summed E-state index contributed by atoms with van der Waals surface area (Å²) < 4.78 is 43.7. The first-order valence-corrected chi connectivity index (χ1v) is 11.2. The highest BCUT2D eigenvalue weighted by Crippen LogP contribution is 2.31. The van der Waals surface area contributed by atoms with Crippen molar-refractivity contribution in [3.8, 4) is 11.5 Å². The van der Waals surface area contributed by atoms with Crippen molar-refractivity contribution in [2.45, 2.75) is 11.4 Å². The molecule has 3 aromatic rings. The maximum absolute atomic E-state index is 13.0. The van der Waals surface area contributed by atoms with Crippen LogP contribution in [-0.2, 0) is 16.6 Å². The van der Waals surface area contributed by atoms with E-state index in [9.17, 15) is 8.42 Å². The fraction of sp³-hybridized carbons (Fsp3) is 0.350. The van der Waals surface area contributed by atoms with Crippen LogP contribution in [0.4, 0.5) is 0 Å². The highest BCUT2D eigenvalue weighted by molar-refractivity contribution is 7.89. The summed E-state index contributed by atoms with van der Waals surface area (Å²) >= 11 is 5.99. The monoisotopic (exact) mass is 451 g/mol. The predicted octanol–water partition coefficient (Wildman–Crippen LogP) is 3.00. The smallest absolute Gasteiger partial charge is 0.243 e. The Hall–Kier alpha value is -2.33. The molecule has 2 aromatic carbocycles. The fourth-order valence-electron chi connectivity index (χ4n) is 3.46. The zero-order valence-corrected chi connectivity index (χ0v) is 18.2. The molecule has 8 nitrogen and oxygen atoms in total. The van der Waals surface area contributed by atoms with E-state index < -0.39 is 10.0 Å². The van der Waals surface area contributed by atoms with Gasteiger partial charge in [0.15, 0.2) is 17.1 Å². The molecule has 30 heavy (non-hydrogen) atoms. The van der Waals surface area contributed by atoms with Crippen LogP contribution in [0.3, 0.4) is 0 Å². The molecular weight excluding hydrogens is 430 g/mol. The van der Waals surface area contributed by atoms with E-state index in [4.69, 9.17) is 25.5 Å². The molecule has 0 amide bonds. The maximum atomic E-state index is 13.0. The largest absolute Gasteiger partial charge is 0.493 e. The van der Waals surface area contributed by atoms with Gasteiger partial charge in [-0.2, -0.15) is 4.31 Å². The van der Waals surface area contributed by atoms with Crippen molar-refractivity contribution in [2.24, 2.45) is 0 Å². The third-order valence-corrected chi connectivity index (χ3v) is 7.21. The van der Waals surface area contributed by atoms with Gasteiger partial charge in [0.05, 0.1) is 25.7 Å². The summed E-state index contributed by atoms with van der Waals surface area (Å²) in [6.45, 7) is 2.42. The summed E-state index contributed by atoms with van der Waals surface area (Å²) in [6.07, 6.45) is 0. The predicted molar refractivity (Wildman–Crippen MR) is 113 cm³/mol. The average Bonchev–Trinajstić information content (AvgIpc) is 3.14. The van der Waals surface area contributed by atoms with E-state index in [-0.39, 0.29) is 4.90 Å². The number of fused-ring (bicyclic) bond motifs is 1. The zero-order valence-electron chi connectivity index (χ0n) is 16.7. The highest BCUT2D eigenvalue weighted by Gasteiger charge is 2.29. The van der Waals surface area contributed by atoms with Gasteiger partial charge in [-0.05, 0) is 24.3 Å². The number of ether oxygens (including phenoxy) is 2. The van der Waals surface area contributed by atoms with E-state index in [0.29, 0.717) is 60.7 Å². The second-order valence-corrected chi connectivity index (χ2v) is 9.29. The summed E-state index contributed by atoms with van der Waals surface area (Å²) in [5.41, 5.74) is 1.40. The molecule has 4 rings (SSSR count). The van der Waals surface area contributed by atoms with Gasteiger partial charge in [0.25, 0.3) is 0 Å². The number of oxazole rings is 1. The summed E-state index contributed by atoms with van der Waals surface area (Å²) in [4.78, 5) is 6.78. The lowest BCUT2D eigenvalue weighted by Gasteiger charge is -2.33. The minimum absolute atomic E-state index is 0.185. The van der Waals surface area contributed by atoms with Crippen LogP contribution >= 0.6 is 11.6 Å². The van der Waals surface area contributed by atoms with Crippen molar-refractivity contribution in [3.63, 3.8) is 0 Å². The summed E-state index contributed by atoms with van der Waals surface area (Å²) in [5.74, 6) is 1.46. The second-order valence-electron chi connectivity index (χ2n) is 6.92. The standard InChI is InChI=1S/C20H22ClN3O5S/c1-27-17-6-4-15(12-19(17)28-2)30(25,26)24-9-7-23(8-10-24)13-20-22-16-5-3-14(21)11-18(16)29-20/h3-6,11-12H,7-10,13H2,1-2H3. The van der Waals surface area contributed by atoms with Gasteiger partial charge in [0.2, 0.25) is 15.9 Å². The van der Waals surface area contributed by atoms with E-state index in [2.05, 4.69) is 9.88 Å². The SMILES string of the molecule is COc1ccc(S(=O)(=O)N2CCN(Cc3nc4ccc(Cl)cc4o3)CC2)cc1OC. The van der Waals surface area contributed by atoms with Crippen LogP contribution in [0.25, 0.3) is 11.1 Å². The topological polar surface area (TPSA) is 85.1 Å². The van der Waals surface area contributed by atoms with Crippen molar-refractivity contribution >= 4 is 32.7 Å². The van der Waals surface area contributed by atoms with Crippen molar-refractivity contribution in [3.05, 3.63) is 47.3 Å². The van der Waals surface area contributed by atoms with Crippen LogP contribution in [0.1, 0.15) is 5.89 Å². The Balaban J connectivity index is 1.43. The van der Waals surface area contributed by atoms with Gasteiger partial charge in [0.1, 0.15) is 5.52 Å². The molecule has 10 heteroatoms. The molecule has 2 heterocycles. The first-order chi connectivity index (χ1) is 14.4. The molecule has 0 atom stereocenters. The molecular formula is C20H22ClN3O5S. The van der Waals surface area contributed by atoms with Crippen LogP contribution < -0.4 is 9.47 Å². The van der Waals surface area contributed by atoms with E-state index in [0.717, 1.165) is 5.52 Å². The second kappa shape index (κ2) is 8.43. The van der Waals surface area contributed by atoms with Crippen molar-refractivity contribution in [2.75, 3.05) is 40.4 Å². The Bertz CT molecular complexity index is 1160. The fourth-order valence-corrected chi connectivity index (χ4v) is 5.06. The zero-order chi connectivity index (χ0) is 21.3. The summed E-state index contributed by atoms with van der Waals surface area (Å²) in [6, 6.07) is 9.95. The Morgan fingerprint density at radius 2 is 1.77 bits per heavy atom. The van der Waals surface area contributed by atoms with Gasteiger partial charge in [-0.3, -0.25) is 4.90 Å². The van der Waals surface area contributed by atoms with Crippen LogP contribution in [-0.4, -0.2) is 63.0 Å². The Morgan fingerprint density at radius 1 is 1.03 bits per heavy atom. The molecule has 0 bridgehead atoms. The number of aromatic nitrogens is 1. The first kappa shape index (κ1) is 20.9. The van der Waals surface area contributed by atoms with E-state index in [1.807, 2.05) is 6.07 Å². The molecule has 1 aliphatic heterocycles. The van der Waals surface area contributed by atoms with Gasteiger partial charge < -0.3 is 13.9 Å². The molecule has 0 N–H and O–H groups in total. The quantitative estimate of drug-likeness (QED) is 0.569. The lowest BCUT2D eigenvalue weighted by atomic mass is 10.3. The summed E-state index contributed by atoms with van der Waals surface area (Å²) in [5, 5.41) is 0.596. The highest BCUT2D eigenvalue weighted by atomic mass is 35.5.